The van der Waals surface area contributed by atoms with E-state index in [1.165, 1.54) is 32.4 Å². The smallest absolute Gasteiger partial charge is 0.264 e. The normalized spacial score (nSPS) is 11.2. The van der Waals surface area contributed by atoms with Crippen molar-refractivity contribution in [3.63, 3.8) is 0 Å². The maximum absolute atomic E-state index is 13.7. The van der Waals surface area contributed by atoms with Gasteiger partial charge < -0.3 is 9.47 Å². The number of rotatable bonds is 5. The van der Waals surface area contributed by atoms with E-state index in [2.05, 4.69) is 4.72 Å². The van der Waals surface area contributed by atoms with Gasteiger partial charge in [0.25, 0.3) is 10.0 Å². The van der Waals surface area contributed by atoms with Crippen LogP contribution in [-0.4, -0.2) is 22.6 Å². The van der Waals surface area contributed by atoms with Crippen LogP contribution in [0, 0.1) is 17.5 Å². The molecule has 0 amide bonds. The molecule has 0 fully saturated rings. The zero-order chi connectivity index (χ0) is 17.2. The van der Waals surface area contributed by atoms with Crippen molar-refractivity contribution in [1.82, 2.24) is 0 Å². The highest BCUT2D eigenvalue weighted by Gasteiger charge is 2.24. The maximum Gasteiger partial charge on any atom is 0.264 e. The fourth-order valence-electron chi connectivity index (χ4n) is 1.79. The minimum absolute atomic E-state index is 0.00494. The molecular weight excluding hydrogens is 335 g/mol. The Kier molecular flexibility index (Phi) is 4.69. The molecule has 0 saturated carbocycles. The molecule has 0 unspecified atom stereocenters. The molecule has 9 heteroatoms. The second kappa shape index (κ2) is 6.37. The van der Waals surface area contributed by atoms with Crippen LogP contribution in [0.15, 0.2) is 35.2 Å². The van der Waals surface area contributed by atoms with E-state index in [1.807, 2.05) is 0 Å². The van der Waals surface area contributed by atoms with E-state index in [4.69, 9.17) is 9.47 Å². The van der Waals surface area contributed by atoms with E-state index in [0.717, 1.165) is 0 Å². The Hall–Kier alpha value is -2.42. The van der Waals surface area contributed by atoms with Gasteiger partial charge in [0.2, 0.25) is 0 Å². The fraction of sp³-hybridized carbons (Fsp3) is 0.143. The van der Waals surface area contributed by atoms with Crippen LogP contribution in [0.5, 0.6) is 11.5 Å². The standard InChI is InChI=1S/C14H12F3NO4S/c1-21-9-5-8(6-10(7-9)22-2)18-23(19,20)12-4-3-11(15)13(16)14(12)17/h3-7,18H,1-2H3. The van der Waals surface area contributed by atoms with Gasteiger partial charge >= 0.3 is 0 Å². The van der Waals surface area contributed by atoms with Gasteiger partial charge in [-0.3, -0.25) is 4.72 Å². The van der Waals surface area contributed by atoms with Crippen LogP contribution in [0.2, 0.25) is 0 Å². The van der Waals surface area contributed by atoms with Crippen LogP contribution in [-0.2, 0) is 10.0 Å². The van der Waals surface area contributed by atoms with Crippen LogP contribution < -0.4 is 14.2 Å². The number of ether oxygens (including phenoxy) is 2. The van der Waals surface area contributed by atoms with Crippen molar-refractivity contribution in [2.45, 2.75) is 4.90 Å². The second-order valence-corrected chi connectivity index (χ2v) is 6.03. The molecular formula is C14H12F3NO4S. The molecule has 2 aromatic rings. The summed E-state index contributed by atoms with van der Waals surface area (Å²) in [5, 5.41) is 0. The Labute approximate surface area is 130 Å². The number of benzene rings is 2. The Balaban J connectivity index is 2.45. The fourth-order valence-corrected chi connectivity index (χ4v) is 2.90. The lowest BCUT2D eigenvalue weighted by molar-refractivity contribution is 0.395. The van der Waals surface area contributed by atoms with E-state index in [9.17, 15) is 21.6 Å². The monoisotopic (exact) mass is 347 g/mol. The van der Waals surface area contributed by atoms with Crippen LogP contribution in [0.1, 0.15) is 0 Å². The third kappa shape index (κ3) is 3.50. The topological polar surface area (TPSA) is 64.6 Å². The third-order valence-corrected chi connectivity index (χ3v) is 4.29. The molecule has 5 nitrogen and oxygen atoms in total. The lowest BCUT2D eigenvalue weighted by Crippen LogP contribution is -2.16. The van der Waals surface area contributed by atoms with Gasteiger partial charge in [0.05, 0.1) is 19.9 Å². The summed E-state index contributed by atoms with van der Waals surface area (Å²) >= 11 is 0. The van der Waals surface area contributed by atoms with E-state index in [-0.39, 0.29) is 17.2 Å². The number of anilines is 1. The van der Waals surface area contributed by atoms with Gasteiger partial charge in [0.15, 0.2) is 17.5 Å². The molecule has 23 heavy (non-hydrogen) atoms. The molecule has 2 rings (SSSR count). The number of methoxy groups -OCH3 is 2. The number of halogens is 3. The summed E-state index contributed by atoms with van der Waals surface area (Å²) in [6.07, 6.45) is 0. The Bertz CT molecular complexity index is 818. The van der Waals surface area contributed by atoms with E-state index >= 15 is 0 Å². The average molecular weight is 347 g/mol. The lowest BCUT2D eigenvalue weighted by Gasteiger charge is -2.12. The minimum Gasteiger partial charge on any atom is -0.497 e. The molecule has 0 spiro atoms. The van der Waals surface area contributed by atoms with E-state index < -0.39 is 32.4 Å². The first-order valence-corrected chi connectivity index (χ1v) is 7.66. The van der Waals surface area contributed by atoms with Crippen molar-refractivity contribution in [3.05, 3.63) is 47.8 Å². The molecule has 124 valence electrons. The molecule has 0 aliphatic carbocycles. The Morgan fingerprint density at radius 3 is 2.00 bits per heavy atom. The zero-order valence-corrected chi connectivity index (χ0v) is 12.9. The van der Waals surface area contributed by atoms with Crippen molar-refractivity contribution in [2.24, 2.45) is 0 Å². The second-order valence-electron chi connectivity index (χ2n) is 4.38. The maximum atomic E-state index is 13.7. The first-order chi connectivity index (χ1) is 10.8. The van der Waals surface area contributed by atoms with E-state index in [1.54, 1.807) is 0 Å². The molecule has 1 N–H and O–H groups in total. The van der Waals surface area contributed by atoms with Gasteiger partial charge in [-0.15, -0.1) is 0 Å². The third-order valence-electron chi connectivity index (χ3n) is 2.89. The number of sulfonamides is 1. The predicted molar refractivity (Wildman–Crippen MR) is 76.7 cm³/mol. The minimum atomic E-state index is -4.48. The molecule has 0 bridgehead atoms. The predicted octanol–water partition coefficient (Wildman–Crippen LogP) is 2.92. The van der Waals surface area contributed by atoms with Gasteiger partial charge in [0, 0.05) is 18.2 Å². The molecule has 0 radical (unpaired) electrons. The van der Waals surface area contributed by atoms with Crippen LogP contribution >= 0.6 is 0 Å². The summed E-state index contributed by atoms with van der Waals surface area (Å²) in [6, 6.07) is 5.29. The molecule has 0 saturated heterocycles. The molecule has 0 aliphatic rings. The van der Waals surface area contributed by atoms with Gasteiger partial charge in [-0.05, 0) is 12.1 Å². The van der Waals surface area contributed by atoms with E-state index in [0.29, 0.717) is 12.1 Å². The number of hydrogen-bond donors (Lipinski definition) is 1. The van der Waals surface area contributed by atoms with Gasteiger partial charge in [-0.1, -0.05) is 0 Å². The first kappa shape index (κ1) is 16.9. The highest BCUT2D eigenvalue weighted by atomic mass is 32.2. The largest absolute Gasteiger partial charge is 0.497 e. The van der Waals surface area contributed by atoms with Gasteiger partial charge in [0.1, 0.15) is 16.4 Å². The van der Waals surface area contributed by atoms with Crippen LogP contribution in [0.25, 0.3) is 0 Å². The van der Waals surface area contributed by atoms with Crippen LogP contribution in [0.3, 0.4) is 0 Å². The molecule has 0 atom stereocenters. The summed E-state index contributed by atoms with van der Waals surface area (Å²) in [7, 11) is -1.75. The highest BCUT2D eigenvalue weighted by Crippen LogP contribution is 2.28. The molecule has 0 aliphatic heterocycles. The summed E-state index contributed by atoms with van der Waals surface area (Å²) in [5.41, 5.74) is 0.00494. The average Bonchev–Trinajstić information content (AvgIpc) is 2.51. The summed E-state index contributed by atoms with van der Waals surface area (Å²) in [4.78, 5) is -1.02. The van der Waals surface area contributed by atoms with Gasteiger partial charge in [-0.2, -0.15) is 0 Å². The Morgan fingerprint density at radius 2 is 1.48 bits per heavy atom. The molecule has 0 heterocycles. The lowest BCUT2D eigenvalue weighted by atomic mass is 10.3. The SMILES string of the molecule is COc1cc(NS(=O)(=O)c2ccc(F)c(F)c2F)cc(OC)c1. The molecule has 2 aromatic carbocycles. The van der Waals surface area contributed by atoms with Crippen molar-refractivity contribution in [1.29, 1.82) is 0 Å². The summed E-state index contributed by atoms with van der Waals surface area (Å²) in [6.45, 7) is 0. The Morgan fingerprint density at radius 1 is 0.913 bits per heavy atom. The van der Waals surface area contributed by atoms with Crippen LogP contribution in [0.4, 0.5) is 18.9 Å². The van der Waals surface area contributed by atoms with Crippen molar-refractivity contribution >= 4 is 15.7 Å². The van der Waals surface area contributed by atoms with Gasteiger partial charge in [-0.25, -0.2) is 21.6 Å². The number of nitrogens with one attached hydrogen (secondary N) is 1. The molecule has 0 aromatic heterocycles. The highest BCUT2D eigenvalue weighted by molar-refractivity contribution is 7.92. The summed E-state index contributed by atoms with van der Waals surface area (Å²) in [5.74, 6) is -4.58. The summed E-state index contributed by atoms with van der Waals surface area (Å²) < 4.78 is 76.1. The van der Waals surface area contributed by atoms with Crippen molar-refractivity contribution < 1.29 is 31.1 Å². The zero-order valence-electron chi connectivity index (χ0n) is 12.1. The first-order valence-electron chi connectivity index (χ1n) is 6.18. The van der Waals surface area contributed by atoms with Crippen molar-refractivity contribution in [2.75, 3.05) is 18.9 Å². The van der Waals surface area contributed by atoms with Crippen molar-refractivity contribution in [3.8, 4) is 11.5 Å². The number of hydrogen-bond acceptors (Lipinski definition) is 4. The quantitative estimate of drug-likeness (QED) is 0.845.